The van der Waals surface area contributed by atoms with Crippen molar-refractivity contribution in [1.29, 1.82) is 0 Å². The molecule has 1 fully saturated rings. The van der Waals surface area contributed by atoms with Crippen molar-refractivity contribution in [3.05, 3.63) is 34.1 Å². The van der Waals surface area contributed by atoms with E-state index in [2.05, 4.69) is 25.5 Å². The topological polar surface area (TPSA) is 86.5 Å². The van der Waals surface area contributed by atoms with Crippen LogP contribution in [0, 0.1) is 6.92 Å². The molecule has 0 spiro atoms. The lowest BCUT2D eigenvalue weighted by Gasteiger charge is -2.22. The van der Waals surface area contributed by atoms with Crippen LogP contribution in [0.15, 0.2) is 17.1 Å². The third-order valence-electron chi connectivity index (χ3n) is 4.14. The number of H-pyrrole nitrogens is 2. The van der Waals surface area contributed by atoms with Crippen molar-refractivity contribution < 1.29 is 0 Å². The molecule has 0 radical (unpaired) electrons. The number of rotatable bonds is 2. The van der Waals surface area contributed by atoms with Gasteiger partial charge < -0.3 is 10.3 Å². The number of aromatic nitrogens is 4. The molecule has 0 bridgehead atoms. The maximum Gasteiger partial charge on any atom is 0.268 e. The van der Waals surface area contributed by atoms with Crippen LogP contribution in [0.3, 0.4) is 0 Å². The molecular weight excluding hydrogens is 369 g/mol. The minimum absolute atomic E-state index is 0. The van der Waals surface area contributed by atoms with Crippen LogP contribution >= 0.6 is 36.2 Å². The smallest absolute Gasteiger partial charge is 0.268 e. The molecule has 6 nitrogen and oxygen atoms in total. The molecule has 0 saturated carbocycles. The van der Waals surface area contributed by atoms with Gasteiger partial charge in [0.1, 0.15) is 10.5 Å². The summed E-state index contributed by atoms with van der Waals surface area (Å²) in [6, 6.07) is 2.14. The summed E-state index contributed by atoms with van der Waals surface area (Å²) in [4.78, 5) is 21.0. The van der Waals surface area contributed by atoms with Crippen LogP contribution in [-0.2, 0) is 0 Å². The molecular formula is C15H19Cl2N5OS. The maximum absolute atomic E-state index is 12.4. The first kappa shape index (κ1) is 18.9. The molecule has 4 rings (SSSR count). The number of halogens is 2. The average Bonchev–Trinajstić information content (AvgIpc) is 3.14. The molecule has 1 aliphatic rings. The minimum Gasteiger partial charge on any atom is -0.308 e. The molecule has 4 heterocycles. The fourth-order valence-corrected chi connectivity index (χ4v) is 4.00. The van der Waals surface area contributed by atoms with Gasteiger partial charge in [0.25, 0.3) is 5.56 Å². The summed E-state index contributed by atoms with van der Waals surface area (Å²) in [5, 5.41) is 10.4. The van der Waals surface area contributed by atoms with Crippen LogP contribution in [0.5, 0.6) is 0 Å². The number of hydrogen-bond donors (Lipinski definition) is 3. The van der Waals surface area contributed by atoms with Crippen LogP contribution in [0.1, 0.15) is 36.8 Å². The van der Waals surface area contributed by atoms with Gasteiger partial charge in [0, 0.05) is 16.1 Å². The van der Waals surface area contributed by atoms with Gasteiger partial charge in [0.2, 0.25) is 0 Å². The van der Waals surface area contributed by atoms with E-state index in [1.54, 1.807) is 6.20 Å². The first-order valence-electron chi connectivity index (χ1n) is 7.50. The SMILES string of the molecule is Cc1[nH]ncc1-c1cc2nc([C@@H]3CCCCN3)[nH]c(=O)c2s1.Cl.Cl. The van der Waals surface area contributed by atoms with E-state index in [4.69, 9.17) is 0 Å². The zero-order valence-electron chi connectivity index (χ0n) is 13.1. The van der Waals surface area contributed by atoms with Crippen molar-refractivity contribution in [2.24, 2.45) is 0 Å². The molecule has 0 amide bonds. The highest BCUT2D eigenvalue weighted by atomic mass is 35.5. The molecule has 1 saturated heterocycles. The van der Waals surface area contributed by atoms with E-state index in [0.29, 0.717) is 4.70 Å². The molecule has 1 aliphatic heterocycles. The molecule has 3 N–H and O–H groups in total. The molecule has 9 heteroatoms. The van der Waals surface area contributed by atoms with Gasteiger partial charge in [-0.1, -0.05) is 6.42 Å². The molecule has 1 atom stereocenters. The zero-order valence-corrected chi connectivity index (χ0v) is 15.5. The van der Waals surface area contributed by atoms with E-state index in [1.165, 1.54) is 24.2 Å². The summed E-state index contributed by atoms with van der Waals surface area (Å²) in [7, 11) is 0. The summed E-state index contributed by atoms with van der Waals surface area (Å²) in [5.74, 6) is 0.755. The predicted octanol–water partition coefficient (Wildman–Crippen LogP) is 3.34. The minimum atomic E-state index is -0.0511. The fraction of sp³-hybridized carbons (Fsp3) is 0.400. The van der Waals surface area contributed by atoms with Crippen molar-refractivity contribution in [1.82, 2.24) is 25.5 Å². The molecule has 130 valence electrons. The Morgan fingerprint density at radius 2 is 2.12 bits per heavy atom. The summed E-state index contributed by atoms with van der Waals surface area (Å²) < 4.78 is 0.676. The lowest BCUT2D eigenvalue weighted by molar-refractivity contribution is 0.397. The third kappa shape index (κ3) is 3.35. The number of aryl methyl sites for hydroxylation is 1. The Hall–Kier alpha value is -1.41. The highest BCUT2D eigenvalue weighted by molar-refractivity contribution is 7.22. The Kier molecular flexibility index (Phi) is 6.03. The van der Waals surface area contributed by atoms with Crippen LogP contribution in [0.2, 0.25) is 0 Å². The van der Waals surface area contributed by atoms with E-state index in [9.17, 15) is 4.79 Å². The number of hydrogen-bond acceptors (Lipinski definition) is 5. The Bertz CT molecular complexity index is 881. The Balaban J connectivity index is 0.00000104. The van der Waals surface area contributed by atoms with Gasteiger partial charge in [0.05, 0.1) is 17.8 Å². The summed E-state index contributed by atoms with van der Waals surface area (Å²) >= 11 is 1.46. The Morgan fingerprint density at radius 1 is 1.29 bits per heavy atom. The number of nitrogens with one attached hydrogen (secondary N) is 3. The van der Waals surface area contributed by atoms with Gasteiger partial charge in [-0.05, 0) is 32.4 Å². The molecule has 0 unspecified atom stereocenters. The van der Waals surface area contributed by atoms with Crippen molar-refractivity contribution >= 4 is 46.4 Å². The monoisotopic (exact) mass is 387 g/mol. The van der Waals surface area contributed by atoms with E-state index >= 15 is 0 Å². The van der Waals surface area contributed by atoms with Crippen LogP contribution in [0.25, 0.3) is 20.7 Å². The van der Waals surface area contributed by atoms with E-state index in [-0.39, 0.29) is 36.4 Å². The second kappa shape index (κ2) is 7.65. The summed E-state index contributed by atoms with van der Waals surface area (Å²) in [5.41, 5.74) is 2.74. The summed E-state index contributed by atoms with van der Waals surface area (Å²) in [6.45, 7) is 2.96. The lowest BCUT2D eigenvalue weighted by Crippen LogP contribution is -2.29. The van der Waals surface area contributed by atoms with Gasteiger partial charge >= 0.3 is 0 Å². The van der Waals surface area contributed by atoms with Gasteiger partial charge in [-0.2, -0.15) is 5.10 Å². The number of piperidine rings is 1. The normalized spacial score (nSPS) is 17.3. The van der Waals surface area contributed by atoms with Crippen molar-refractivity contribution in [2.75, 3.05) is 6.54 Å². The number of nitrogens with zero attached hydrogens (tertiary/aromatic N) is 2. The predicted molar refractivity (Wildman–Crippen MR) is 102 cm³/mol. The standard InChI is InChI=1S/C15H17N5OS.2ClH/c1-8-9(7-17-20-8)12-6-11-13(22-12)15(21)19-14(18-11)10-4-2-3-5-16-10;;/h6-7,10,16H,2-5H2,1H3,(H,17,20)(H,18,19,21);2*1H/t10-;;/m0../s1. The second-order valence-corrected chi connectivity index (χ2v) is 6.74. The van der Waals surface area contributed by atoms with Crippen molar-refractivity contribution in [3.8, 4) is 10.4 Å². The largest absolute Gasteiger partial charge is 0.308 e. The zero-order chi connectivity index (χ0) is 15.1. The second-order valence-electron chi connectivity index (χ2n) is 5.69. The molecule has 24 heavy (non-hydrogen) atoms. The van der Waals surface area contributed by atoms with E-state index < -0.39 is 0 Å². The highest BCUT2D eigenvalue weighted by Gasteiger charge is 2.19. The lowest BCUT2D eigenvalue weighted by atomic mass is 10.0. The molecule has 0 aromatic carbocycles. The maximum atomic E-state index is 12.4. The van der Waals surface area contributed by atoms with E-state index in [0.717, 1.165) is 40.4 Å². The average molecular weight is 388 g/mol. The Labute approximate surface area is 155 Å². The van der Waals surface area contributed by atoms with Crippen molar-refractivity contribution in [2.45, 2.75) is 32.2 Å². The first-order valence-corrected chi connectivity index (χ1v) is 8.31. The molecule has 3 aromatic rings. The Morgan fingerprint density at radius 3 is 2.79 bits per heavy atom. The molecule has 3 aromatic heterocycles. The van der Waals surface area contributed by atoms with Gasteiger partial charge in [-0.25, -0.2) is 4.98 Å². The number of fused-ring (bicyclic) bond motifs is 1. The summed E-state index contributed by atoms with van der Waals surface area (Å²) in [6.07, 6.45) is 5.16. The van der Waals surface area contributed by atoms with Gasteiger partial charge in [-0.3, -0.25) is 9.89 Å². The van der Waals surface area contributed by atoms with Gasteiger partial charge in [0.15, 0.2) is 0 Å². The quantitative estimate of drug-likeness (QED) is 0.629. The third-order valence-corrected chi connectivity index (χ3v) is 5.29. The van der Waals surface area contributed by atoms with E-state index in [1.807, 2.05) is 13.0 Å². The van der Waals surface area contributed by atoms with Crippen molar-refractivity contribution in [3.63, 3.8) is 0 Å². The molecule has 0 aliphatic carbocycles. The van der Waals surface area contributed by atoms with Crippen LogP contribution in [0.4, 0.5) is 0 Å². The first-order chi connectivity index (χ1) is 10.7. The number of thiophene rings is 1. The van der Waals surface area contributed by atoms with Gasteiger partial charge in [-0.15, -0.1) is 36.2 Å². The number of aromatic amines is 2. The van der Waals surface area contributed by atoms with Crippen LogP contribution < -0.4 is 10.9 Å². The fourth-order valence-electron chi connectivity index (χ4n) is 2.94. The van der Waals surface area contributed by atoms with Crippen LogP contribution in [-0.4, -0.2) is 26.7 Å². The highest BCUT2D eigenvalue weighted by Crippen LogP contribution is 2.32.